The monoisotopic (exact) mass is 271 g/mol. The van der Waals surface area contributed by atoms with Crippen LogP contribution in [0.5, 0.6) is 0 Å². The first-order chi connectivity index (χ1) is 8.73. The normalized spacial score (nSPS) is 33.2. The summed E-state index contributed by atoms with van der Waals surface area (Å²) in [5.74, 6) is -0.907. The number of carbonyl (C=O) groups excluding carboxylic acids is 1. The molecule has 3 atom stereocenters. The van der Waals surface area contributed by atoms with Crippen LogP contribution in [0.4, 0.5) is 4.79 Å². The molecule has 2 bridgehead atoms. The minimum absolute atomic E-state index is 0.0153. The Morgan fingerprint density at radius 3 is 2.53 bits per heavy atom. The molecule has 19 heavy (non-hydrogen) atoms. The second-order valence-electron chi connectivity index (χ2n) is 6.34. The van der Waals surface area contributed by atoms with Crippen LogP contribution in [-0.4, -0.2) is 41.5 Å². The predicted molar refractivity (Wildman–Crippen MR) is 66.8 cm³/mol. The van der Waals surface area contributed by atoms with Crippen molar-refractivity contribution in [2.24, 2.45) is 5.41 Å². The van der Waals surface area contributed by atoms with Crippen molar-refractivity contribution in [3.63, 3.8) is 0 Å². The van der Waals surface area contributed by atoms with Crippen LogP contribution in [0.15, 0.2) is 0 Å². The molecule has 2 N–H and O–H groups in total. The molecule has 0 saturated carbocycles. The maximum atomic E-state index is 11.6. The van der Waals surface area contributed by atoms with E-state index in [1.54, 1.807) is 20.8 Å². The molecule has 0 aromatic carbocycles. The van der Waals surface area contributed by atoms with Crippen molar-refractivity contribution in [2.75, 3.05) is 6.54 Å². The Kier molecular flexibility index (Phi) is 3.47. The molecule has 0 unspecified atom stereocenters. The summed E-state index contributed by atoms with van der Waals surface area (Å²) in [6.45, 7) is 5.35. The van der Waals surface area contributed by atoms with E-state index in [-0.39, 0.29) is 18.8 Å². The number of ether oxygens (including phenoxy) is 2. The molecule has 6 heteroatoms. The fraction of sp³-hybridized carbons (Fsp3) is 0.846. The van der Waals surface area contributed by atoms with E-state index >= 15 is 0 Å². The lowest BCUT2D eigenvalue weighted by Gasteiger charge is -2.31. The lowest BCUT2D eigenvalue weighted by Crippen LogP contribution is -2.49. The van der Waals surface area contributed by atoms with Gasteiger partial charge in [-0.15, -0.1) is 0 Å². The van der Waals surface area contributed by atoms with E-state index in [9.17, 15) is 14.7 Å². The summed E-state index contributed by atoms with van der Waals surface area (Å²) in [5, 5.41) is 12.0. The van der Waals surface area contributed by atoms with E-state index in [1.807, 2.05) is 0 Å². The Balaban J connectivity index is 1.96. The fourth-order valence-electron chi connectivity index (χ4n) is 2.83. The van der Waals surface area contributed by atoms with Gasteiger partial charge in [-0.1, -0.05) is 0 Å². The molecular formula is C13H21NO5. The van der Waals surface area contributed by atoms with Crippen molar-refractivity contribution >= 4 is 12.1 Å². The Hall–Kier alpha value is -1.30. The van der Waals surface area contributed by atoms with Gasteiger partial charge in [0.05, 0.1) is 12.2 Å². The Labute approximate surface area is 112 Å². The van der Waals surface area contributed by atoms with Crippen LogP contribution in [0.1, 0.15) is 40.0 Å². The maximum absolute atomic E-state index is 11.6. The smallest absolute Gasteiger partial charge is 0.407 e. The van der Waals surface area contributed by atoms with Crippen LogP contribution in [0.25, 0.3) is 0 Å². The van der Waals surface area contributed by atoms with Crippen molar-refractivity contribution in [1.29, 1.82) is 0 Å². The highest BCUT2D eigenvalue weighted by Gasteiger charge is 2.57. The van der Waals surface area contributed by atoms with Gasteiger partial charge in [0, 0.05) is 6.54 Å². The fourth-order valence-corrected chi connectivity index (χ4v) is 2.83. The van der Waals surface area contributed by atoms with Gasteiger partial charge in [0.2, 0.25) is 0 Å². The van der Waals surface area contributed by atoms with Crippen LogP contribution < -0.4 is 5.32 Å². The van der Waals surface area contributed by atoms with Crippen molar-refractivity contribution in [3.05, 3.63) is 0 Å². The van der Waals surface area contributed by atoms with E-state index in [2.05, 4.69) is 5.32 Å². The summed E-state index contributed by atoms with van der Waals surface area (Å²) in [5.41, 5.74) is -1.59. The number of fused-ring (bicyclic) bond motifs is 2. The molecule has 2 fully saturated rings. The number of alkyl carbamates (subject to hydrolysis) is 1. The zero-order valence-corrected chi connectivity index (χ0v) is 11.6. The van der Waals surface area contributed by atoms with E-state index in [4.69, 9.17) is 9.47 Å². The summed E-state index contributed by atoms with van der Waals surface area (Å²) in [7, 11) is 0. The highest BCUT2D eigenvalue weighted by molar-refractivity contribution is 5.78. The first-order valence-electron chi connectivity index (χ1n) is 6.59. The molecule has 2 heterocycles. The summed E-state index contributed by atoms with van der Waals surface area (Å²) < 4.78 is 10.7. The molecule has 2 saturated heterocycles. The lowest BCUT2D eigenvalue weighted by molar-refractivity contribution is -0.151. The summed E-state index contributed by atoms with van der Waals surface area (Å²) >= 11 is 0. The van der Waals surface area contributed by atoms with Gasteiger partial charge in [-0.3, -0.25) is 4.79 Å². The standard InChI is InChI=1S/C13H21NO5/c1-12(2,3)19-11(17)14-7-13(10(15)16)6-8-4-5-9(13)18-8/h8-9H,4-7H2,1-3H3,(H,14,17)(H,15,16)/t8-,9+,13-/m1/s1. The number of carboxylic acid groups (broad SMARTS) is 1. The first-order valence-corrected chi connectivity index (χ1v) is 6.59. The Bertz CT molecular complexity index is 389. The molecule has 108 valence electrons. The SMILES string of the molecule is CC(C)(C)OC(=O)NC[C@]1(C(=O)O)C[C@H]2CC[C@@H]1O2. The zero-order valence-electron chi connectivity index (χ0n) is 11.6. The van der Waals surface area contributed by atoms with Gasteiger partial charge in [0.1, 0.15) is 11.0 Å². The molecule has 0 spiro atoms. The van der Waals surface area contributed by atoms with Crippen molar-refractivity contribution in [1.82, 2.24) is 5.32 Å². The molecule has 2 aliphatic heterocycles. The first kappa shape index (κ1) is 14.1. The van der Waals surface area contributed by atoms with Gasteiger partial charge in [-0.05, 0) is 40.0 Å². The number of aliphatic carboxylic acids is 1. The number of amides is 1. The number of nitrogens with one attached hydrogen (secondary N) is 1. The van der Waals surface area contributed by atoms with Crippen molar-refractivity contribution in [3.8, 4) is 0 Å². The van der Waals surface area contributed by atoms with Crippen LogP contribution in [0.3, 0.4) is 0 Å². The van der Waals surface area contributed by atoms with Crippen LogP contribution in [0, 0.1) is 5.41 Å². The number of hydrogen-bond acceptors (Lipinski definition) is 4. The van der Waals surface area contributed by atoms with E-state index < -0.39 is 23.1 Å². The third-order valence-corrected chi connectivity index (χ3v) is 3.69. The minimum atomic E-state index is -1.00. The summed E-state index contributed by atoms with van der Waals surface area (Å²) in [6.07, 6.45) is 1.24. The minimum Gasteiger partial charge on any atom is -0.481 e. The topological polar surface area (TPSA) is 84.9 Å². The molecule has 1 amide bonds. The van der Waals surface area contributed by atoms with Crippen molar-refractivity contribution < 1.29 is 24.2 Å². The second kappa shape index (κ2) is 4.67. The summed E-state index contributed by atoms with van der Waals surface area (Å²) in [4.78, 5) is 23.2. The van der Waals surface area contributed by atoms with Gasteiger partial charge in [-0.2, -0.15) is 0 Å². The predicted octanol–water partition coefficient (Wildman–Crippen LogP) is 1.53. The molecule has 0 aromatic heterocycles. The van der Waals surface area contributed by atoms with Crippen molar-refractivity contribution in [2.45, 2.75) is 57.8 Å². The van der Waals surface area contributed by atoms with E-state index in [0.29, 0.717) is 6.42 Å². The average molecular weight is 271 g/mol. The molecule has 2 rings (SSSR count). The third kappa shape index (κ3) is 2.83. The van der Waals surface area contributed by atoms with E-state index in [0.717, 1.165) is 12.8 Å². The Morgan fingerprint density at radius 2 is 2.11 bits per heavy atom. The number of carboxylic acids is 1. The number of rotatable bonds is 3. The van der Waals surface area contributed by atoms with Gasteiger partial charge in [-0.25, -0.2) is 4.79 Å². The molecule has 0 aliphatic carbocycles. The Morgan fingerprint density at radius 1 is 1.42 bits per heavy atom. The molecule has 0 radical (unpaired) electrons. The molecule has 2 aliphatic rings. The quantitative estimate of drug-likeness (QED) is 0.813. The third-order valence-electron chi connectivity index (χ3n) is 3.69. The van der Waals surface area contributed by atoms with E-state index in [1.165, 1.54) is 0 Å². The van der Waals surface area contributed by atoms with Gasteiger partial charge in [0.25, 0.3) is 0 Å². The van der Waals surface area contributed by atoms with Crippen LogP contribution >= 0.6 is 0 Å². The highest BCUT2D eigenvalue weighted by Crippen LogP contribution is 2.47. The van der Waals surface area contributed by atoms with Crippen LogP contribution in [-0.2, 0) is 14.3 Å². The highest BCUT2D eigenvalue weighted by atomic mass is 16.6. The lowest BCUT2D eigenvalue weighted by atomic mass is 9.74. The summed E-state index contributed by atoms with van der Waals surface area (Å²) in [6, 6.07) is 0. The largest absolute Gasteiger partial charge is 0.481 e. The van der Waals surface area contributed by atoms with Crippen LogP contribution in [0.2, 0.25) is 0 Å². The molecule has 0 aromatic rings. The average Bonchev–Trinajstić information content (AvgIpc) is 2.84. The number of carbonyl (C=O) groups is 2. The van der Waals surface area contributed by atoms with Gasteiger partial charge < -0.3 is 19.9 Å². The number of hydrogen-bond donors (Lipinski definition) is 2. The molecule has 6 nitrogen and oxygen atoms in total. The van der Waals surface area contributed by atoms with Gasteiger partial charge >= 0.3 is 12.1 Å². The van der Waals surface area contributed by atoms with Gasteiger partial charge in [0.15, 0.2) is 0 Å². The molecular weight excluding hydrogens is 250 g/mol. The second-order valence-corrected chi connectivity index (χ2v) is 6.34. The zero-order chi connectivity index (χ0) is 14.3. The maximum Gasteiger partial charge on any atom is 0.407 e.